The average Bonchev–Trinajstić information content (AvgIpc) is 2.60. The fourth-order valence-corrected chi connectivity index (χ4v) is 2.05. The second-order valence-corrected chi connectivity index (χ2v) is 3.96. The molecule has 1 aromatic heterocycles. The molecule has 0 aliphatic carbocycles. The van der Waals surface area contributed by atoms with E-state index in [9.17, 15) is 0 Å². The van der Waals surface area contributed by atoms with E-state index in [4.69, 9.17) is 5.73 Å². The van der Waals surface area contributed by atoms with Crippen molar-refractivity contribution in [2.75, 3.05) is 6.54 Å². The number of rotatable bonds is 3. The third-order valence-corrected chi connectivity index (χ3v) is 2.90. The molecular weight excluding hydrogens is 176 g/mol. The summed E-state index contributed by atoms with van der Waals surface area (Å²) in [5.74, 6) is 2.86. The third-order valence-electron chi connectivity index (χ3n) is 2.90. The summed E-state index contributed by atoms with van der Waals surface area (Å²) in [6.45, 7) is 3.91. The first-order valence-corrected chi connectivity index (χ1v) is 5.46. The summed E-state index contributed by atoms with van der Waals surface area (Å²) < 4.78 is 2.06. The summed E-state index contributed by atoms with van der Waals surface area (Å²) >= 11 is 0. The van der Waals surface area contributed by atoms with Crippen molar-refractivity contribution in [1.82, 2.24) is 14.8 Å². The Bertz CT molecular complexity index is 305. The maximum atomic E-state index is 5.57. The molecule has 1 aromatic rings. The number of aromatic nitrogens is 3. The van der Waals surface area contributed by atoms with Crippen molar-refractivity contribution in [1.29, 1.82) is 0 Å². The molecule has 0 saturated heterocycles. The summed E-state index contributed by atoms with van der Waals surface area (Å²) in [5, 5.41) is 4.44. The molecule has 2 heterocycles. The number of hydrogen-bond donors (Lipinski definition) is 1. The number of nitrogens with zero attached hydrogens (tertiary/aromatic N) is 3. The van der Waals surface area contributed by atoms with Gasteiger partial charge in [-0.05, 0) is 25.3 Å². The van der Waals surface area contributed by atoms with Gasteiger partial charge in [-0.3, -0.25) is 0 Å². The Morgan fingerprint density at radius 2 is 2.43 bits per heavy atom. The Morgan fingerprint density at radius 1 is 1.57 bits per heavy atom. The maximum absolute atomic E-state index is 5.57. The van der Waals surface area contributed by atoms with Crippen molar-refractivity contribution in [2.24, 2.45) is 11.7 Å². The topological polar surface area (TPSA) is 56.7 Å². The van der Waals surface area contributed by atoms with Crippen LogP contribution in [-0.2, 0) is 19.4 Å². The minimum atomic E-state index is 0.724. The van der Waals surface area contributed by atoms with Gasteiger partial charge in [0, 0.05) is 19.4 Å². The molecule has 4 nitrogen and oxygen atoms in total. The van der Waals surface area contributed by atoms with E-state index in [1.165, 1.54) is 6.42 Å². The highest BCUT2D eigenvalue weighted by molar-refractivity contribution is 4.97. The molecule has 4 heteroatoms. The van der Waals surface area contributed by atoms with Crippen LogP contribution in [0.5, 0.6) is 0 Å². The van der Waals surface area contributed by atoms with Crippen LogP contribution in [0.1, 0.15) is 31.4 Å². The third kappa shape index (κ3) is 1.80. The zero-order valence-electron chi connectivity index (χ0n) is 8.74. The van der Waals surface area contributed by atoms with Crippen LogP contribution in [0.2, 0.25) is 0 Å². The van der Waals surface area contributed by atoms with Gasteiger partial charge < -0.3 is 5.73 Å². The highest BCUT2D eigenvalue weighted by Gasteiger charge is 2.20. The van der Waals surface area contributed by atoms with Gasteiger partial charge in [-0.15, -0.1) is 0 Å². The summed E-state index contributed by atoms with van der Waals surface area (Å²) in [5.41, 5.74) is 5.57. The normalized spacial score (nSPS) is 20.9. The van der Waals surface area contributed by atoms with Gasteiger partial charge in [-0.2, -0.15) is 5.10 Å². The predicted molar refractivity (Wildman–Crippen MR) is 54.9 cm³/mol. The first kappa shape index (κ1) is 9.65. The van der Waals surface area contributed by atoms with Gasteiger partial charge in [0.2, 0.25) is 0 Å². The maximum Gasteiger partial charge on any atom is 0.150 e. The zero-order valence-corrected chi connectivity index (χ0v) is 8.74. The van der Waals surface area contributed by atoms with Gasteiger partial charge in [0.1, 0.15) is 5.82 Å². The highest BCUT2D eigenvalue weighted by atomic mass is 15.3. The Morgan fingerprint density at radius 3 is 3.14 bits per heavy atom. The number of hydrogen-bond acceptors (Lipinski definition) is 3. The van der Waals surface area contributed by atoms with Crippen LogP contribution in [0.3, 0.4) is 0 Å². The molecule has 1 atom stereocenters. The van der Waals surface area contributed by atoms with E-state index in [1.807, 2.05) is 0 Å². The summed E-state index contributed by atoms with van der Waals surface area (Å²) in [6.07, 6.45) is 4.32. The van der Waals surface area contributed by atoms with Gasteiger partial charge >= 0.3 is 0 Å². The Hall–Kier alpha value is -0.900. The fourth-order valence-electron chi connectivity index (χ4n) is 2.05. The van der Waals surface area contributed by atoms with Crippen molar-refractivity contribution >= 4 is 0 Å². The molecule has 1 aliphatic heterocycles. The quantitative estimate of drug-likeness (QED) is 0.772. The van der Waals surface area contributed by atoms with Crippen molar-refractivity contribution in [3.8, 4) is 0 Å². The van der Waals surface area contributed by atoms with Gasteiger partial charge in [-0.25, -0.2) is 9.67 Å². The first-order chi connectivity index (χ1) is 6.83. The van der Waals surface area contributed by atoms with Crippen LogP contribution in [0.4, 0.5) is 0 Å². The summed E-state index contributed by atoms with van der Waals surface area (Å²) in [4.78, 5) is 4.51. The van der Waals surface area contributed by atoms with E-state index in [2.05, 4.69) is 21.7 Å². The molecule has 78 valence electrons. The molecule has 0 saturated carbocycles. The zero-order chi connectivity index (χ0) is 9.97. The minimum absolute atomic E-state index is 0.724. The van der Waals surface area contributed by atoms with E-state index in [1.54, 1.807) is 0 Å². The second kappa shape index (κ2) is 4.09. The molecule has 0 aromatic carbocycles. The monoisotopic (exact) mass is 194 g/mol. The average molecular weight is 194 g/mol. The number of nitrogens with two attached hydrogens (primary N) is 1. The molecule has 0 amide bonds. The number of aryl methyl sites for hydroxylation is 2. The molecule has 0 bridgehead atoms. The minimum Gasteiger partial charge on any atom is -0.330 e. The molecular formula is C10H18N4. The van der Waals surface area contributed by atoms with Gasteiger partial charge in [0.15, 0.2) is 5.82 Å². The van der Waals surface area contributed by atoms with E-state index in [0.29, 0.717) is 0 Å². The molecule has 1 aliphatic rings. The molecule has 0 fully saturated rings. The van der Waals surface area contributed by atoms with Gasteiger partial charge in [-0.1, -0.05) is 6.92 Å². The SMILES string of the molecule is CCc1nc2n(n1)CCC(CCN)C2. The van der Waals surface area contributed by atoms with Crippen LogP contribution in [-0.4, -0.2) is 21.3 Å². The van der Waals surface area contributed by atoms with Crippen LogP contribution < -0.4 is 5.73 Å². The smallest absolute Gasteiger partial charge is 0.150 e. The van der Waals surface area contributed by atoms with Crippen LogP contribution in [0, 0.1) is 5.92 Å². The predicted octanol–water partition coefficient (Wildman–Crippen LogP) is 0.752. The molecule has 1 unspecified atom stereocenters. The van der Waals surface area contributed by atoms with Crippen molar-refractivity contribution in [3.05, 3.63) is 11.6 Å². The van der Waals surface area contributed by atoms with Gasteiger partial charge in [0.25, 0.3) is 0 Å². The molecule has 2 N–H and O–H groups in total. The lowest BCUT2D eigenvalue weighted by atomic mass is 9.95. The first-order valence-electron chi connectivity index (χ1n) is 5.46. The summed E-state index contributed by atoms with van der Waals surface area (Å²) in [6, 6.07) is 0. The Balaban J connectivity index is 2.09. The number of fused-ring (bicyclic) bond motifs is 1. The van der Waals surface area contributed by atoms with Crippen molar-refractivity contribution < 1.29 is 0 Å². The Labute approximate surface area is 84.5 Å². The fraction of sp³-hybridized carbons (Fsp3) is 0.800. The van der Waals surface area contributed by atoms with Crippen LogP contribution in [0.25, 0.3) is 0 Å². The molecule has 14 heavy (non-hydrogen) atoms. The molecule has 0 radical (unpaired) electrons. The molecule has 2 rings (SSSR count). The van der Waals surface area contributed by atoms with Crippen molar-refractivity contribution in [2.45, 2.75) is 39.2 Å². The largest absolute Gasteiger partial charge is 0.330 e. The standard InChI is InChI=1S/C10H18N4/c1-2-9-12-10-7-8(3-5-11)4-6-14(10)13-9/h8H,2-7,11H2,1H3. The van der Waals surface area contributed by atoms with Gasteiger partial charge in [0.05, 0.1) is 0 Å². The summed E-state index contributed by atoms with van der Waals surface area (Å²) in [7, 11) is 0. The highest BCUT2D eigenvalue weighted by Crippen LogP contribution is 2.21. The molecule has 0 spiro atoms. The Kier molecular flexibility index (Phi) is 2.82. The van der Waals surface area contributed by atoms with E-state index >= 15 is 0 Å². The van der Waals surface area contributed by atoms with Crippen LogP contribution >= 0.6 is 0 Å². The van der Waals surface area contributed by atoms with E-state index in [0.717, 1.165) is 49.9 Å². The second-order valence-electron chi connectivity index (χ2n) is 3.96. The lowest BCUT2D eigenvalue weighted by molar-refractivity contribution is 0.348. The lowest BCUT2D eigenvalue weighted by Crippen LogP contribution is -2.22. The lowest BCUT2D eigenvalue weighted by Gasteiger charge is -2.21. The van der Waals surface area contributed by atoms with E-state index < -0.39 is 0 Å². The van der Waals surface area contributed by atoms with Crippen molar-refractivity contribution in [3.63, 3.8) is 0 Å². The van der Waals surface area contributed by atoms with Crippen LogP contribution in [0.15, 0.2) is 0 Å². The van der Waals surface area contributed by atoms with E-state index in [-0.39, 0.29) is 0 Å².